The van der Waals surface area contributed by atoms with E-state index >= 15 is 0 Å². The number of carbonyl (C=O) groups excluding carboxylic acids is 1. The maximum Gasteiger partial charge on any atom is 0.257 e. The van der Waals surface area contributed by atoms with Gasteiger partial charge in [0, 0.05) is 38.0 Å². The maximum absolute atomic E-state index is 13.2. The number of allylic oxidation sites excluding steroid dienone is 1. The molecule has 0 fully saturated rings. The van der Waals surface area contributed by atoms with Crippen LogP contribution in [-0.4, -0.2) is 57.4 Å². The second-order valence-electron chi connectivity index (χ2n) is 8.60. The summed E-state index contributed by atoms with van der Waals surface area (Å²) in [4.78, 5) is 27.0. The molecule has 0 aromatic carbocycles. The Morgan fingerprint density at radius 1 is 1.26 bits per heavy atom. The zero-order valence-electron chi connectivity index (χ0n) is 20.0. The van der Waals surface area contributed by atoms with Crippen molar-refractivity contribution >= 4 is 35.4 Å². The lowest BCUT2D eigenvalue weighted by Crippen LogP contribution is -2.24. The van der Waals surface area contributed by atoms with Gasteiger partial charge < -0.3 is 15.7 Å². The third kappa shape index (κ3) is 4.99. The van der Waals surface area contributed by atoms with E-state index in [1.54, 1.807) is 25.7 Å². The number of amides is 1. The number of carbonyl (C=O) groups is 1. The molecule has 2 aliphatic rings. The van der Waals surface area contributed by atoms with Crippen molar-refractivity contribution in [1.82, 2.24) is 14.8 Å². The third-order valence-electron chi connectivity index (χ3n) is 6.18. The summed E-state index contributed by atoms with van der Waals surface area (Å²) in [6.07, 6.45) is 10.5. The first-order valence-electron chi connectivity index (χ1n) is 11.6. The van der Waals surface area contributed by atoms with Crippen LogP contribution in [0.25, 0.3) is 5.70 Å². The SMILES string of the molecule is CCC1\C=C(c2cnn3c2CC(O)CC3)/N=C\C(C)=C(/C(=O)Nc2cc(NC)cnc2C)C=N1. The first-order chi connectivity index (χ1) is 16.4. The average molecular weight is 462 g/mol. The highest BCUT2D eigenvalue weighted by atomic mass is 16.3. The van der Waals surface area contributed by atoms with E-state index in [4.69, 9.17) is 9.98 Å². The van der Waals surface area contributed by atoms with Crippen LogP contribution >= 0.6 is 0 Å². The van der Waals surface area contributed by atoms with E-state index in [1.165, 1.54) is 0 Å². The van der Waals surface area contributed by atoms with E-state index in [-0.39, 0.29) is 18.1 Å². The molecule has 2 aromatic rings. The zero-order chi connectivity index (χ0) is 24.2. The summed E-state index contributed by atoms with van der Waals surface area (Å²) in [5.74, 6) is -0.268. The summed E-state index contributed by atoms with van der Waals surface area (Å²) in [6.45, 7) is 6.43. The molecule has 2 aliphatic heterocycles. The molecule has 0 bridgehead atoms. The molecular weight excluding hydrogens is 430 g/mol. The average Bonchev–Trinajstić information content (AvgIpc) is 3.26. The molecule has 3 N–H and O–H groups in total. The number of nitrogens with one attached hydrogen (secondary N) is 2. The van der Waals surface area contributed by atoms with Gasteiger partial charge in [0.05, 0.1) is 58.6 Å². The van der Waals surface area contributed by atoms with Crippen LogP contribution < -0.4 is 10.6 Å². The van der Waals surface area contributed by atoms with Crippen LogP contribution in [0.1, 0.15) is 43.6 Å². The van der Waals surface area contributed by atoms with E-state index in [9.17, 15) is 9.90 Å². The molecular formula is C25H31N7O2. The molecule has 178 valence electrons. The molecule has 34 heavy (non-hydrogen) atoms. The second-order valence-corrected chi connectivity index (χ2v) is 8.60. The number of fused-ring (bicyclic) bond motifs is 1. The summed E-state index contributed by atoms with van der Waals surface area (Å²) < 4.78 is 1.94. The molecule has 0 saturated carbocycles. The van der Waals surface area contributed by atoms with Crippen LogP contribution in [0.4, 0.5) is 11.4 Å². The molecule has 4 rings (SSSR count). The lowest BCUT2D eigenvalue weighted by Gasteiger charge is -2.20. The summed E-state index contributed by atoms with van der Waals surface area (Å²) >= 11 is 0. The quantitative estimate of drug-likeness (QED) is 0.632. The van der Waals surface area contributed by atoms with Gasteiger partial charge in [-0.05, 0) is 44.4 Å². The first kappa shape index (κ1) is 23.6. The van der Waals surface area contributed by atoms with E-state index in [1.807, 2.05) is 43.8 Å². The van der Waals surface area contributed by atoms with Gasteiger partial charge >= 0.3 is 0 Å². The van der Waals surface area contributed by atoms with E-state index < -0.39 is 0 Å². The van der Waals surface area contributed by atoms with Crippen molar-refractivity contribution in [3.05, 3.63) is 52.6 Å². The molecule has 9 heteroatoms. The van der Waals surface area contributed by atoms with Gasteiger partial charge in [-0.15, -0.1) is 0 Å². The maximum atomic E-state index is 13.2. The molecule has 2 unspecified atom stereocenters. The summed E-state index contributed by atoms with van der Waals surface area (Å²) in [6, 6.07) is 1.70. The zero-order valence-corrected chi connectivity index (χ0v) is 20.0. The predicted octanol–water partition coefficient (Wildman–Crippen LogP) is 3.17. The van der Waals surface area contributed by atoms with Crippen molar-refractivity contribution in [2.45, 2.75) is 58.7 Å². The number of aliphatic hydroxyl groups is 1. The lowest BCUT2D eigenvalue weighted by atomic mass is 10.0. The first-order valence-corrected chi connectivity index (χ1v) is 11.6. The number of hydrogen-bond donors (Lipinski definition) is 3. The van der Waals surface area contributed by atoms with Crippen molar-refractivity contribution in [2.24, 2.45) is 9.98 Å². The summed E-state index contributed by atoms with van der Waals surface area (Å²) in [5, 5.41) is 20.7. The minimum atomic E-state index is -0.375. The number of anilines is 2. The topological polar surface area (TPSA) is 117 Å². The molecule has 0 aliphatic carbocycles. The Morgan fingerprint density at radius 3 is 2.85 bits per heavy atom. The minimum Gasteiger partial charge on any atom is -0.393 e. The van der Waals surface area contributed by atoms with Gasteiger partial charge in [0.15, 0.2) is 0 Å². The minimum absolute atomic E-state index is 0.152. The standard InChI is InChI=1S/C25H31N7O2/c1-5-17-8-23(21-14-30-32-7-6-19(33)10-24(21)32)29-11-15(2)20(13-28-17)25(34)31-22-9-18(26-4)12-27-16(22)3/h8-9,11-14,17,19,26,33H,5-7,10H2,1-4H3,(H,31,34)/b20-15-,23-8-,28-13?,29-11-. The van der Waals surface area contributed by atoms with Crippen molar-refractivity contribution in [2.75, 3.05) is 17.7 Å². The van der Waals surface area contributed by atoms with Gasteiger partial charge in [-0.25, -0.2) is 0 Å². The summed E-state index contributed by atoms with van der Waals surface area (Å²) in [5.41, 5.74) is 5.94. The fraction of sp³-hybridized carbons (Fsp3) is 0.400. The summed E-state index contributed by atoms with van der Waals surface area (Å²) in [7, 11) is 1.81. The van der Waals surface area contributed by atoms with Crippen molar-refractivity contribution in [3.63, 3.8) is 0 Å². The number of aryl methyl sites for hydroxylation is 2. The van der Waals surface area contributed by atoms with Gasteiger partial charge in [-0.3, -0.25) is 24.4 Å². The third-order valence-corrected chi connectivity index (χ3v) is 6.18. The largest absolute Gasteiger partial charge is 0.393 e. The van der Waals surface area contributed by atoms with E-state index in [0.717, 1.165) is 34.8 Å². The van der Waals surface area contributed by atoms with Crippen LogP contribution in [0.2, 0.25) is 0 Å². The second kappa shape index (κ2) is 10.1. The van der Waals surface area contributed by atoms with Crippen molar-refractivity contribution in [3.8, 4) is 0 Å². The Kier molecular flexibility index (Phi) is 7.02. The highest BCUT2D eigenvalue weighted by Gasteiger charge is 2.23. The molecule has 2 atom stereocenters. The smallest absolute Gasteiger partial charge is 0.257 e. The van der Waals surface area contributed by atoms with Gasteiger partial charge in [-0.2, -0.15) is 5.10 Å². The van der Waals surface area contributed by atoms with Gasteiger partial charge in [0.25, 0.3) is 5.91 Å². The van der Waals surface area contributed by atoms with Gasteiger partial charge in [-0.1, -0.05) is 6.92 Å². The fourth-order valence-corrected chi connectivity index (χ4v) is 4.01. The molecule has 9 nitrogen and oxygen atoms in total. The van der Waals surface area contributed by atoms with Crippen LogP contribution in [0, 0.1) is 6.92 Å². The number of aromatic nitrogens is 3. The Hall–Kier alpha value is -3.59. The van der Waals surface area contributed by atoms with Crippen LogP contribution in [0.3, 0.4) is 0 Å². The number of nitrogens with zero attached hydrogens (tertiary/aromatic N) is 5. The molecule has 0 radical (unpaired) electrons. The molecule has 0 saturated heterocycles. The van der Waals surface area contributed by atoms with Crippen molar-refractivity contribution < 1.29 is 9.90 Å². The fourth-order valence-electron chi connectivity index (χ4n) is 4.01. The predicted molar refractivity (Wildman–Crippen MR) is 135 cm³/mol. The Morgan fingerprint density at radius 2 is 2.09 bits per heavy atom. The molecule has 2 aromatic heterocycles. The lowest BCUT2D eigenvalue weighted by molar-refractivity contribution is -0.112. The van der Waals surface area contributed by atoms with E-state index in [2.05, 4.69) is 20.7 Å². The molecule has 1 amide bonds. The number of hydrogen-bond acceptors (Lipinski definition) is 7. The molecule has 4 heterocycles. The van der Waals surface area contributed by atoms with Crippen molar-refractivity contribution in [1.29, 1.82) is 0 Å². The Balaban J connectivity index is 1.67. The Bertz CT molecular complexity index is 1210. The van der Waals surface area contributed by atoms with Crippen LogP contribution in [0.15, 0.2) is 45.7 Å². The van der Waals surface area contributed by atoms with Gasteiger partial charge in [0.1, 0.15) is 0 Å². The number of aliphatic imine (C=N–C) groups is 2. The number of pyridine rings is 1. The Labute approximate surface area is 199 Å². The number of rotatable bonds is 5. The van der Waals surface area contributed by atoms with Crippen LogP contribution in [0.5, 0.6) is 0 Å². The highest BCUT2D eigenvalue weighted by Crippen LogP contribution is 2.27. The van der Waals surface area contributed by atoms with Crippen LogP contribution in [-0.2, 0) is 17.8 Å². The highest BCUT2D eigenvalue weighted by molar-refractivity contribution is 6.21. The number of aliphatic hydroxyl groups excluding tert-OH is 1. The molecule has 0 spiro atoms. The van der Waals surface area contributed by atoms with Gasteiger partial charge in [0.2, 0.25) is 0 Å². The monoisotopic (exact) mass is 461 g/mol. The van der Waals surface area contributed by atoms with E-state index in [0.29, 0.717) is 36.2 Å². The normalized spacial score (nSPS) is 24.8.